The smallest absolute Gasteiger partial charge is 0.255 e. The van der Waals surface area contributed by atoms with Crippen LogP contribution in [0.1, 0.15) is 0 Å². The average molecular weight is 1880 g/mol. The first-order valence-corrected chi connectivity index (χ1v) is 39.8. The van der Waals surface area contributed by atoms with Crippen molar-refractivity contribution in [1.29, 1.82) is 0 Å². The molecule has 0 aliphatic rings. The summed E-state index contributed by atoms with van der Waals surface area (Å²) < 4.78 is 237. The fourth-order valence-corrected chi connectivity index (χ4v) is 9.88. The van der Waals surface area contributed by atoms with Crippen molar-refractivity contribution in [2.45, 2.75) is 0 Å². The molecule has 0 N–H and O–H groups in total. The zero-order valence-corrected chi connectivity index (χ0v) is 64.3. The largest absolute Gasteiger partial charge is 2.00 e. The van der Waals surface area contributed by atoms with Crippen LogP contribution in [0, 0.1) is 0 Å². The van der Waals surface area contributed by atoms with Gasteiger partial charge in [0.25, 0.3) is 0 Å². The molecule has 598 valence electrons. The number of nitrogens with zero attached hydrogens (tertiary/aromatic N) is 12. The van der Waals surface area contributed by atoms with Crippen LogP contribution in [0.15, 0.2) is 305 Å². The van der Waals surface area contributed by atoms with Gasteiger partial charge in [0.1, 0.15) is 0 Å². The Morgan fingerprint density at radius 2 is 0.348 bits per heavy atom. The van der Waals surface area contributed by atoms with E-state index in [1.165, 1.54) is 14.6 Å². The van der Waals surface area contributed by atoms with Crippen LogP contribution in [-0.2, 0) is 39.0 Å². The minimum atomic E-state index is -10.7. The summed E-state index contributed by atoms with van der Waals surface area (Å²) in [6.07, 6.45) is 19.6. The van der Waals surface area contributed by atoms with Crippen LogP contribution in [0.25, 0.3) is 99.1 Å². The molecule has 0 saturated heterocycles. The molecule has 0 atom stereocenters. The molecule has 0 amide bonds. The van der Waals surface area contributed by atoms with Gasteiger partial charge in [-0.2, -0.15) is 0 Å². The van der Waals surface area contributed by atoms with Crippen molar-refractivity contribution >= 4 is 53.9 Å². The normalized spacial score (nSPS) is 13.2. The monoisotopic (exact) mass is 1880 g/mol. The molecule has 14 aromatic heterocycles. The Balaban J connectivity index is 0.000000287. The van der Waals surface area contributed by atoms with E-state index in [1.54, 1.807) is 84.6 Å². The summed E-state index contributed by atoms with van der Waals surface area (Å²) in [6, 6.07) is 77.1. The summed E-state index contributed by atoms with van der Waals surface area (Å²) in [5.74, 6) is 0. The molecule has 12 nitrogen and oxygen atoms in total. The van der Waals surface area contributed by atoms with Crippen LogP contribution < -0.4 is 0 Å². The number of hydrogen-bond acceptors (Lipinski definition) is 14. The molecule has 0 aliphatic carbocycles. The second kappa shape index (κ2) is 36.1. The zero-order chi connectivity index (χ0) is 81.3. The topological polar surface area (TPSA) is 155 Å². The van der Waals surface area contributed by atoms with Gasteiger partial charge in [0.2, 0.25) is 0 Å². The molecule has 112 heavy (non-hydrogen) atoms. The molecule has 0 aromatic carbocycles. The van der Waals surface area contributed by atoms with E-state index >= 15 is 0 Å². The molecule has 14 rings (SSSR count). The van der Waals surface area contributed by atoms with Gasteiger partial charge in [0, 0.05) is 82.8 Å². The first kappa shape index (κ1) is 94.9. The summed E-state index contributed by atoms with van der Waals surface area (Å²) >= 11 is 3.54. The molecule has 0 radical (unpaired) electrons. The number of hydrogen-bond donors (Lipinski definition) is 0. The number of pyridine rings is 12. The third-order valence-corrected chi connectivity index (χ3v) is 14.2. The molecule has 0 bridgehead atoms. The molecule has 14 heterocycles. The van der Waals surface area contributed by atoms with E-state index in [0.29, 0.717) is 0 Å². The molecular weight excluding hydrogens is 1830 g/mol. The van der Waals surface area contributed by atoms with E-state index in [-0.39, 0.29) is 39.0 Å². The molecule has 44 heteroatoms. The van der Waals surface area contributed by atoms with E-state index in [1.807, 2.05) is 200 Å². The Morgan fingerprint density at radius 1 is 0.170 bits per heavy atom. The van der Waals surface area contributed by atoms with Crippen LogP contribution in [0.4, 0.5) is 101 Å². The van der Waals surface area contributed by atoms with Crippen molar-refractivity contribution in [3.05, 3.63) is 305 Å². The summed E-state index contributed by atoms with van der Waals surface area (Å²) in [7, 11) is -42.6. The van der Waals surface area contributed by atoms with E-state index in [4.69, 9.17) is 4.98 Å². The standard InChI is InChI=1S/C28H18N4S2.4C10H8N2.4F6P.2Ru/c1-3-15-29-20(6-1)22-8-5-9-23(32-22)26-11-13-28(34-26)27-12-10-25(33-27)19-14-17-31-24(18-19)21-7-2-4-16-30-21;4*1-3-7-11-9(5-1)10-6-2-4-8-12-10;4*1-7(2,3,4,5)6;;/h1-18H;4*1-8H;;;;;;/q;;;;;4*-1;2*+2. The Morgan fingerprint density at radius 3 is 0.580 bits per heavy atom. The average Bonchev–Trinajstić information content (AvgIpc) is 1.15. The third kappa shape index (κ3) is 47.6. The Labute approximate surface area is 653 Å². The van der Waals surface area contributed by atoms with Crippen molar-refractivity contribution < 1.29 is 140 Å². The summed E-state index contributed by atoms with van der Waals surface area (Å²) in [5.41, 5.74) is 13.0. The molecule has 0 aliphatic heterocycles. The fourth-order valence-electron chi connectivity index (χ4n) is 7.81. The molecule has 0 saturated carbocycles. The SMILES string of the molecule is F[P-](F)(F)(F)(F)F.F[P-](F)(F)(F)(F)F.F[P-](F)(F)(F)(F)F.F[P-](F)(F)(F)(F)F.[Ru+2].[Ru+2].c1ccc(-c2cc(-c3ccc(-c4ccc(-c5cccc(-c6ccccn6)n5)s4)s3)ccn2)nc1.c1ccc(-c2ccccn2)nc1.c1ccc(-c2ccccn2)nc1.c1ccc(-c2ccccn2)nc1.c1ccc(-c2ccccn2)nc1. The Hall–Kier alpha value is -9.51. The van der Waals surface area contributed by atoms with Gasteiger partial charge in [-0.15, -0.1) is 22.7 Å². The van der Waals surface area contributed by atoms with Crippen LogP contribution >= 0.6 is 53.9 Å². The number of rotatable bonds is 9. The Bertz CT molecular complexity index is 4420. The van der Waals surface area contributed by atoms with Crippen molar-refractivity contribution in [3.63, 3.8) is 0 Å². The van der Waals surface area contributed by atoms with Crippen molar-refractivity contribution in [1.82, 2.24) is 59.8 Å². The number of thiophene rings is 2. The zero-order valence-electron chi connectivity index (χ0n) is 55.6. The van der Waals surface area contributed by atoms with Crippen LogP contribution in [-0.4, -0.2) is 59.8 Å². The fraction of sp³-hybridized carbons (Fsp3) is 0. The Kier molecular flexibility index (Phi) is 30.6. The second-order valence-corrected chi connectivity index (χ2v) is 31.0. The van der Waals surface area contributed by atoms with Crippen LogP contribution in [0.3, 0.4) is 0 Å². The quantitative estimate of drug-likeness (QED) is 0.0767. The first-order valence-electron chi connectivity index (χ1n) is 30.0. The van der Waals surface area contributed by atoms with E-state index in [0.717, 1.165) is 84.5 Å². The van der Waals surface area contributed by atoms with Crippen LogP contribution in [0.2, 0.25) is 0 Å². The summed E-state index contributed by atoms with van der Waals surface area (Å²) in [4.78, 5) is 56.5. The van der Waals surface area contributed by atoms with E-state index < -0.39 is 31.2 Å². The van der Waals surface area contributed by atoms with Gasteiger partial charge >= 0.3 is 171 Å². The third-order valence-electron chi connectivity index (χ3n) is 11.7. The van der Waals surface area contributed by atoms with E-state index in [2.05, 4.69) is 97.3 Å². The van der Waals surface area contributed by atoms with Crippen molar-refractivity contribution in [2.24, 2.45) is 0 Å². The molecule has 0 unspecified atom stereocenters. The summed E-state index contributed by atoms with van der Waals surface area (Å²) in [6.45, 7) is 0. The van der Waals surface area contributed by atoms with Gasteiger partial charge < -0.3 is 0 Å². The molecule has 14 aromatic rings. The first-order chi connectivity index (χ1) is 50.5. The predicted molar refractivity (Wildman–Crippen MR) is 385 cm³/mol. The van der Waals surface area contributed by atoms with Gasteiger partial charge in [-0.05, 0) is 175 Å². The molecule has 0 fully saturated rings. The maximum absolute atomic E-state index is 10.7. The number of halogens is 24. The number of aromatic nitrogens is 12. The summed E-state index contributed by atoms with van der Waals surface area (Å²) in [5, 5.41) is 0. The van der Waals surface area contributed by atoms with Gasteiger partial charge in [0.05, 0.1) is 78.9 Å². The van der Waals surface area contributed by atoms with Gasteiger partial charge in [0.15, 0.2) is 0 Å². The molecule has 0 spiro atoms. The van der Waals surface area contributed by atoms with Crippen molar-refractivity contribution in [3.8, 4) is 99.1 Å². The van der Waals surface area contributed by atoms with Crippen molar-refractivity contribution in [2.75, 3.05) is 0 Å². The van der Waals surface area contributed by atoms with Gasteiger partial charge in [-0.1, -0.05) is 66.7 Å². The second-order valence-electron chi connectivity index (χ2n) is 21.1. The predicted octanol–water partition coefficient (Wildman–Crippen LogP) is 29.8. The maximum Gasteiger partial charge on any atom is 2.00 e. The van der Waals surface area contributed by atoms with Crippen LogP contribution in [0.5, 0.6) is 0 Å². The van der Waals surface area contributed by atoms with E-state index in [9.17, 15) is 101 Å². The maximum atomic E-state index is 9.87. The molecular formula is C68H50F24N12P4Ru2S2. The van der Waals surface area contributed by atoms with Gasteiger partial charge in [-0.3, -0.25) is 54.8 Å². The minimum Gasteiger partial charge on any atom is -0.255 e. The van der Waals surface area contributed by atoms with Gasteiger partial charge in [-0.25, -0.2) is 4.98 Å². The minimum absolute atomic E-state index is 0.